The maximum atomic E-state index is 12.5. The van der Waals surface area contributed by atoms with Crippen molar-refractivity contribution < 1.29 is 9.53 Å². The first kappa shape index (κ1) is 22.1. The van der Waals surface area contributed by atoms with E-state index < -0.39 is 11.2 Å². The average Bonchev–Trinajstić information content (AvgIpc) is 3.09. The van der Waals surface area contributed by atoms with Crippen molar-refractivity contribution in [2.24, 2.45) is 7.05 Å². The maximum absolute atomic E-state index is 12.5. The molecule has 0 spiro atoms. The number of hydrogen-bond acceptors (Lipinski definition) is 6. The number of piperazine rings is 1. The van der Waals surface area contributed by atoms with Gasteiger partial charge in [0.15, 0.2) is 11.2 Å². The molecular weight excluding hydrogens is 388 g/mol. The van der Waals surface area contributed by atoms with Gasteiger partial charge >= 0.3 is 11.8 Å². The first-order valence-electron chi connectivity index (χ1n) is 10.8. The summed E-state index contributed by atoms with van der Waals surface area (Å²) in [5, 5.41) is 0. The van der Waals surface area contributed by atoms with E-state index in [0.717, 1.165) is 31.5 Å². The number of ether oxygens (including phenoxy) is 1. The lowest BCUT2D eigenvalue weighted by molar-refractivity contribution is 0.0769. The van der Waals surface area contributed by atoms with Crippen molar-refractivity contribution in [1.82, 2.24) is 28.9 Å². The third-order valence-corrected chi connectivity index (χ3v) is 5.58. The number of rotatable bonds is 8. The van der Waals surface area contributed by atoms with Gasteiger partial charge in [-0.05, 0) is 13.3 Å². The molecule has 0 unspecified atom stereocenters. The summed E-state index contributed by atoms with van der Waals surface area (Å²) < 4.78 is 8.43. The Balaban J connectivity index is 1.81. The first-order valence-corrected chi connectivity index (χ1v) is 10.8. The van der Waals surface area contributed by atoms with Crippen molar-refractivity contribution >= 4 is 17.3 Å². The smallest absolute Gasteiger partial charge is 0.409 e. The van der Waals surface area contributed by atoms with Crippen molar-refractivity contribution in [2.45, 2.75) is 52.6 Å². The predicted molar refractivity (Wildman–Crippen MR) is 114 cm³/mol. The molecular formula is C20H32N6O4. The highest BCUT2D eigenvalue weighted by atomic mass is 16.6. The Morgan fingerprint density at radius 3 is 2.50 bits per heavy atom. The molecule has 2 aromatic heterocycles. The highest BCUT2D eigenvalue weighted by Gasteiger charge is 2.24. The van der Waals surface area contributed by atoms with Crippen molar-refractivity contribution in [3.8, 4) is 0 Å². The molecule has 0 atom stereocenters. The van der Waals surface area contributed by atoms with Crippen LogP contribution in [0.2, 0.25) is 0 Å². The Morgan fingerprint density at radius 2 is 1.83 bits per heavy atom. The molecule has 1 N–H and O–H groups in total. The third-order valence-electron chi connectivity index (χ3n) is 5.58. The van der Waals surface area contributed by atoms with Crippen LogP contribution in [-0.2, 0) is 24.9 Å². The monoisotopic (exact) mass is 420 g/mol. The zero-order chi connectivity index (χ0) is 21.7. The van der Waals surface area contributed by atoms with Crippen LogP contribution in [0.15, 0.2) is 9.59 Å². The van der Waals surface area contributed by atoms with Crippen LogP contribution in [0.25, 0.3) is 11.2 Å². The number of H-pyrrole nitrogens is 1. The molecule has 0 radical (unpaired) electrons. The van der Waals surface area contributed by atoms with E-state index in [4.69, 9.17) is 4.74 Å². The number of aromatic nitrogens is 4. The van der Waals surface area contributed by atoms with Crippen LogP contribution in [0.5, 0.6) is 0 Å². The number of aryl methyl sites for hydroxylation is 2. The zero-order valence-electron chi connectivity index (χ0n) is 18.1. The fourth-order valence-corrected chi connectivity index (χ4v) is 3.84. The summed E-state index contributed by atoms with van der Waals surface area (Å²) in [6.45, 7) is 8.17. The number of aromatic amines is 1. The van der Waals surface area contributed by atoms with Crippen molar-refractivity contribution in [3.05, 3.63) is 26.7 Å². The van der Waals surface area contributed by atoms with E-state index in [1.54, 1.807) is 18.9 Å². The summed E-state index contributed by atoms with van der Waals surface area (Å²) >= 11 is 0. The lowest BCUT2D eigenvalue weighted by atomic mass is 10.2. The molecule has 1 saturated heterocycles. The molecule has 10 heteroatoms. The van der Waals surface area contributed by atoms with Gasteiger partial charge in [0.05, 0.1) is 13.2 Å². The molecule has 1 fully saturated rings. The molecule has 2 aromatic rings. The number of carbonyl (C=O) groups is 1. The number of hydrogen-bond donors (Lipinski definition) is 1. The molecule has 10 nitrogen and oxygen atoms in total. The summed E-state index contributed by atoms with van der Waals surface area (Å²) in [5.41, 5.74) is 0.0142. The van der Waals surface area contributed by atoms with Crippen LogP contribution in [0.4, 0.5) is 4.79 Å². The van der Waals surface area contributed by atoms with Crippen LogP contribution in [0, 0.1) is 0 Å². The van der Waals surface area contributed by atoms with Gasteiger partial charge in [0, 0.05) is 39.8 Å². The Labute approximate surface area is 175 Å². The summed E-state index contributed by atoms with van der Waals surface area (Å²) in [7, 11) is 1.62. The molecule has 0 aromatic carbocycles. The SMILES string of the molecule is CCCCCCn1c(CN2CCN(C(=O)OCC)CC2)nc2c1c(=O)[nH]c(=O)n2C. The quantitative estimate of drug-likeness (QED) is 0.645. The van der Waals surface area contributed by atoms with Crippen molar-refractivity contribution in [1.29, 1.82) is 0 Å². The van der Waals surface area contributed by atoms with E-state index in [2.05, 4.69) is 21.8 Å². The molecule has 30 heavy (non-hydrogen) atoms. The average molecular weight is 421 g/mol. The minimum Gasteiger partial charge on any atom is -0.450 e. The molecule has 0 saturated carbocycles. The van der Waals surface area contributed by atoms with Crippen molar-refractivity contribution in [3.63, 3.8) is 0 Å². The Morgan fingerprint density at radius 1 is 1.10 bits per heavy atom. The molecule has 3 heterocycles. The topological polar surface area (TPSA) is 105 Å². The van der Waals surface area contributed by atoms with E-state index in [-0.39, 0.29) is 6.09 Å². The number of nitrogens with one attached hydrogen (secondary N) is 1. The Bertz CT molecular complexity index is 984. The standard InChI is InChI=1S/C20H32N6O4/c1-4-6-7-8-9-26-15(21-17-16(26)18(27)22-19(28)23(17)3)14-24-10-12-25(13-11-24)20(29)30-5-2/h4-14H2,1-3H3,(H,22,27,28). The van der Waals surface area contributed by atoms with E-state index in [1.165, 1.54) is 4.57 Å². The van der Waals surface area contributed by atoms with Gasteiger partial charge in [-0.3, -0.25) is 19.2 Å². The number of amides is 1. The molecule has 1 aliphatic rings. The zero-order valence-corrected chi connectivity index (χ0v) is 18.1. The molecule has 0 aliphatic carbocycles. The minimum absolute atomic E-state index is 0.276. The second-order valence-electron chi connectivity index (χ2n) is 7.69. The van der Waals surface area contributed by atoms with Crippen LogP contribution >= 0.6 is 0 Å². The van der Waals surface area contributed by atoms with Gasteiger partial charge in [-0.15, -0.1) is 0 Å². The van der Waals surface area contributed by atoms with E-state index in [1.807, 2.05) is 4.57 Å². The number of nitrogens with zero attached hydrogens (tertiary/aromatic N) is 5. The van der Waals surface area contributed by atoms with Crippen LogP contribution in [0.3, 0.4) is 0 Å². The molecule has 1 amide bonds. The molecule has 166 valence electrons. The molecule has 3 rings (SSSR count). The second kappa shape index (κ2) is 9.92. The third kappa shape index (κ3) is 4.75. The highest BCUT2D eigenvalue weighted by molar-refractivity contribution is 5.71. The number of carbonyl (C=O) groups excluding carboxylic acids is 1. The fourth-order valence-electron chi connectivity index (χ4n) is 3.84. The summed E-state index contributed by atoms with van der Waals surface area (Å²) in [5.74, 6) is 0.776. The van der Waals surface area contributed by atoms with Gasteiger partial charge in [-0.25, -0.2) is 14.6 Å². The van der Waals surface area contributed by atoms with Crippen molar-refractivity contribution in [2.75, 3.05) is 32.8 Å². The summed E-state index contributed by atoms with van der Waals surface area (Å²) in [6.07, 6.45) is 4.04. The summed E-state index contributed by atoms with van der Waals surface area (Å²) in [6, 6.07) is 0. The van der Waals surface area contributed by atoms with Crippen LogP contribution < -0.4 is 11.2 Å². The number of unbranched alkanes of at least 4 members (excludes halogenated alkanes) is 3. The second-order valence-corrected chi connectivity index (χ2v) is 7.69. The highest BCUT2D eigenvalue weighted by Crippen LogP contribution is 2.16. The van der Waals surface area contributed by atoms with Crippen LogP contribution in [0.1, 0.15) is 45.4 Å². The van der Waals surface area contributed by atoms with Gasteiger partial charge in [0.25, 0.3) is 5.56 Å². The van der Waals surface area contributed by atoms with Gasteiger partial charge in [0.2, 0.25) is 0 Å². The van der Waals surface area contributed by atoms with E-state index >= 15 is 0 Å². The van der Waals surface area contributed by atoms with E-state index in [9.17, 15) is 14.4 Å². The minimum atomic E-state index is -0.460. The first-order chi connectivity index (χ1) is 14.5. The molecule has 1 aliphatic heterocycles. The van der Waals surface area contributed by atoms with Gasteiger partial charge in [-0.1, -0.05) is 26.2 Å². The largest absolute Gasteiger partial charge is 0.450 e. The Hall–Kier alpha value is -2.62. The predicted octanol–water partition coefficient (Wildman–Crippen LogP) is 1.28. The normalized spacial score (nSPS) is 15.1. The van der Waals surface area contributed by atoms with Gasteiger partial charge < -0.3 is 14.2 Å². The van der Waals surface area contributed by atoms with E-state index in [0.29, 0.717) is 57.0 Å². The molecule has 0 bridgehead atoms. The maximum Gasteiger partial charge on any atom is 0.409 e. The lowest BCUT2D eigenvalue weighted by Crippen LogP contribution is -2.48. The van der Waals surface area contributed by atoms with Gasteiger partial charge in [-0.2, -0.15) is 0 Å². The number of fused-ring (bicyclic) bond motifs is 1. The summed E-state index contributed by atoms with van der Waals surface area (Å²) in [4.78, 5) is 47.5. The van der Waals surface area contributed by atoms with Gasteiger partial charge in [0.1, 0.15) is 5.82 Å². The fraction of sp³-hybridized carbons (Fsp3) is 0.700. The van der Waals surface area contributed by atoms with Crippen LogP contribution in [-0.4, -0.2) is 67.8 Å². The number of imidazole rings is 1. The Kier molecular flexibility index (Phi) is 7.30. The lowest BCUT2D eigenvalue weighted by Gasteiger charge is -2.33.